The topological polar surface area (TPSA) is 67.9 Å². The van der Waals surface area contributed by atoms with Crippen LogP contribution in [0.25, 0.3) is 0 Å². The predicted octanol–water partition coefficient (Wildman–Crippen LogP) is 0.825. The molecule has 1 N–H and O–H groups in total. The first-order valence-electron chi connectivity index (χ1n) is 6.56. The van der Waals surface area contributed by atoms with Gasteiger partial charge in [-0.2, -0.15) is 4.31 Å². The van der Waals surface area contributed by atoms with E-state index in [9.17, 15) is 12.8 Å². The molecule has 0 aliphatic carbocycles. The van der Waals surface area contributed by atoms with Gasteiger partial charge in [0, 0.05) is 37.8 Å². The van der Waals surface area contributed by atoms with Crippen LogP contribution in [0.1, 0.15) is 6.92 Å². The van der Waals surface area contributed by atoms with Crippen LogP contribution in [0.2, 0.25) is 0 Å². The molecular formula is C13H19FN2O4S. The van der Waals surface area contributed by atoms with Crippen LogP contribution in [0, 0.1) is 5.82 Å². The van der Waals surface area contributed by atoms with Crippen LogP contribution in [0.4, 0.5) is 4.39 Å². The Morgan fingerprint density at radius 2 is 1.90 bits per heavy atom. The van der Waals surface area contributed by atoms with Crippen molar-refractivity contribution in [3.05, 3.63) is 17.9 Å². The highest BCUT2D eigenvalue weighted by molar-refractivity contribution is 7.89. The van der Waals surface area contributed by atoms with E-state index < -0.39 is 20.7 Å². The fourth-order valence-corrected chi connectivity index (χ4v) is 4.03. The summed E-state index contributed by atoms with van der Waals surface area (Å²) in [6.07, 6.45) is 0. The van der Waals surface area contributed by atoms with Gasteiger partial charge in [-0.15, -0.1) is 0 Å². The summed E-state index contributed by atoms with van der Waals surface area (Å²) in [6.45, 7) is 3.16. The molecule has 1 atom stereocenters. The zero-order valence-electron chi connectivity index (χ0n) is 12.2. The first kappa shape index (κ1) is 16.0. The number of rotatable bonds is 4. The lowest BCUT2D eigenvalue weighted by Crippen LogP contribution is -2.52. The zero-order chi connectivity index (χ0) is 15.6. The molecule has 0 spiro atoms. The Hall–Kier alpha value is -1.38. The second kappa shape index (κ2) is 6.17. The van der Waals surface area contributed by atoms with Crippen molar-refractivity contribution in [2.45, 2.75) is 17.9 Å². The number of nitrogens with zero attached hydrogens (tertiary/aromatic N) is 1. The predicted molar refractivity (Wildman–Crippen MR) is 75.7 cm³/mol. The van der Waals surface area contributed by atoms with Crippen molar-refractivity contribution >= 4 is 10.0 Å². The molecule has 0 bridgehead atoms. The number of hydrogen-bond acceptors (Lipinski definition) is 5. The third-order valence-electron chi connectivity index (χ3n) is 3.47. The van der Waals surface area contributed by atoms with Crippen LogP contribution >= 0.6 is 0 Å². The van der Waals surface area contributed by atoms with E-state index in [1.807, 2.05) is 0 Å². The molecule has 0 amide bonds. The highest BCUT2D eigenvalue weighted by atomic mass is 32.2. The monoisotopic (exact) mass is 318 g/mol. The molecule has 118 valence electrons. The smallest absolute Gasteiger partial charge is 0.246 e. The number of nitrogens with one attached hydrogen (secondary N) is 1. The van der Waals surface area contributed by atoms with Crippen molar-refractivity contribution in [1.29, 1.82) is 0 Å². The average Bonchev–Trinajstić information content (AvgIpc) is 2.46. The van der Waals surface area contributed by atoms with Gasteiger partial charge in [-0.3, -0.25) is 0 Å². The lowest BCUT2D eigenvalue weighted by atomic mass is 10.3. The quantitative estimate of drug-likeness (QED) is 0.890. The maximum absolute atomic E-state index is 14.2. The molecule has 1 aromatic rings. The molecule has 8 heteroatoms. The van der Waals surface area contributed by atoms with Crippen molar-refractivity contribution in [3.8, 4) is 11.5 Å². The second-order valence-electron chi connectivity index (χ2n) is 4.81. The highest BCUT2D eigenvalue weighted by Crippen LogP contribution is 2.33. The van der Waals surface area contributed by atoms with E-state index in [2.05, 4.69) is 5.32 Å². The van der Waals surface area contributed by atoms with Gasteiger partial charge in [0.1, 0.15) is 10.7 Å². The minimum Gasteiger partial charge on any atom is -0.493 e. The summed E-state index contributed by atoms with van der Waals surface area (Å²) in [5, 5.41) is 3.10. The summed E-state index contributed by atoms with van der Waals surface area (Å²) < 4.78 is 50.8. The summed E-state index contributed by atoms with van der Waals surface area (Å²) in [7, 11) is -1.18. The number of hydrogen-bond donors (Lipinski definition) is 1. The summed E-state index contributed by atoms with van der Waals surface area (Å²) in [5.41, 5.74) is 0. The van der Waals surface area contributed by atoms with Crippen LogP contribution in [-0.2, 0) is 10.0 Å². The summed E-state index contributed by atoms with van der Waals surface area (Å²) in [5.74, 6) is -0.513. The third-order valence-corrected chi connectivity index (χ3v) is 5.49. The first-order valence-corrected chi connectivity index (χ1v) is 8.00. The van der Waals surface area contributed by atoms with E-state index in [1.54, 1.807) is 6.92 Å². The van der Waals surface area contributed by atoms with Gasteiger partial charge in [-0.05, 0) is 6.92 Å². The molecule has 1 heterocycles. The first-order chi connectivity index (χ1) is 9.91. The van der Waals surface area contributed by atoms with Crippen LogP contribution < -0.4 is 14.8 Å². The zero-order valence-corrected chi connectivity index (χ0v) is 13.0. The highest BCUT2D eigenvalue weighted by Gasteiger charge is 2.33. The van der Waals surface area contributed by atoms with Gasteiger partial charge in [0.15, 0.2) is 11.5 Å². The molecule has 21 heavy (non-hydrogen) atoms. The number of methoxy groups -OCH3 is 2. The maximum atomic E-state index is 14.2. The van der Waals surface area contributed by atoms with Gasteiger partial charge in [0.05, 0.1) is 14.2 Å². The van der Waals surface area contributed by atoms with Crippen molar-refractivity contribution in [2.24, 2.45) is 0 Å². The molecule has 1 fully saturated rings. The van der Waals surface area contributed by atoms with Gasteiger partial charge in [-0.25, -0.2) is 12.8 Å². The Balaban J connectivity index is 2.49. The Morgan fingerprint density at radius 1 is 1.29 bits per heavy atom. The van der Waals surface area contributed by atoms with E-state index in [-0.39, 0.29) is 17.5 Å². The standard InChI is InChI=1S/C13H19FN2O4S/c1-9-8-15-4-5-16(9)21(17,18)13-7-12(20-3)11(19-2)6-10(13)14/h6-7,9,15H,4-5,8H2,1-3H3. The number of halogens is 1. The minimum absolute atomic E-state index is 0.155. The molecule has 0 radical (unpaired) electrons. The van der Waals surface area contributed by atoms with Gasteiger partial charge in [-0.1, -0.05) is 0 Å². The molecule has 0 saturated carbocycles. The van der Waals surface area contributed by atoms with Gasteiger partial charge in [0.25, 0.3) is 0 Å². The van der Waals surface area contributed by atoms with Crippen molar-refractivity contribution in [2.75, 3.05) is 33.9 Å². The molecular weight excluding hydrogens is 299 g/mol. The maximum Gasteiger partial charge on any atom is 0.246 e. The lowest BCUT2D eigenvalue weighted by molar-refractivity contribution is 0.282. The van der Waals surface area contributed by atoms with E-state index in [4.69, 9.17) is 9.47 Å². The minimum atomic E-state index is -3.92. The fraction of sp³-hybridized carbons (Fsp3) is 0.538. The normalized spacial score (nSPS) is 20.3. The van der Waals surface area contributed by atoms with Crippen LogP contribution in [0.15, 0.2) is 17.0 Å². The molecule has 1 unspecified atom stereocenters. The van der Waals surface area contributed by atoms with Gasteiger partial charge in [0.2, 0.25) is 10.0 Å². The Morgan fingerprint density at radius 3 is 2.48 bits per heavy atom. The Kier molecular flexibility index (Phi) is 4.70. The van der Waals surface area contributed by atoms with Gasteiger partial charge < -0.3 is 14.8 Å². The molecule has 1 aromatic carbocycles. The van der Waals surface area contributed by atoms with Crippen LogP contribution in [0.3, 0.4) is 0 Å². The Labute approximate surface area is 123 Å². The van der Waals surface area contributed by atoms with E-state index >= 15 is 0 Å². The second-order valence-corrected chi connectivity index (χ2v) is 6.67. The lowest BCUT2D eigenvalue weighted by Gasteiger charge is -2.33. The summed E-state index contributed by atoms with van der Waals surface area (Å²) >= 11 is 0. The summed E-state index contributed by atoms with van der Waals surface area (Å²) in [4.78, 5) is -0.395. The number of benzene rings is 1. The van der Waals surface area contributed by atoms with Gasteiger partial charge >= 0.3 is 0 Å². The third kappa shape index (κ3) is 2.97. The van der Waals surface area contributed by atoms with Crippen molar-refractivity contribution in [3.63, 3.8) is 0 Å². The molecule has 1 saturated heterocycles. The number of sulfonamides is 1. The van der Waals surface area contributed by atoms with E-state index in [1.165, 1.54) is 18.5 Å². The fourth-order valence-electron chi connectivity index (χ4n) is 2.34. The molecule has 1 aliphatic heterocycles. The van der Waals surface area contributed by atoms with Crippen molar-refractivity contribution in [1.82, 2.24) is 9.62 Å². The summed E-state index contributed by atoms with van der Waals surface area (Å²) in [6, 6.07) is 1.95. The number of ether oxygens (including phenoxy) is 2. The van der Waals surface area contributed by atoms with Crippen LogP contribution in [0.5, 0.6) is 11.5 Å². The van der Waals surface area contributed by atoms with E-state index in [0.717, 1.165) is 12.1 Å². The largest absolute Gasteiger partial charge is 0.493 e. The number of piperazine rings is 1. The van der Waals surface area contributed by atoms with E-state index in [0.29, 0.717) is 19.6 Å². The average molecular weight is 318 g/mol. The molecule has 6 nitrogen and oxygen atoms in total. The van der Waals surface area contributed by atoms with Crippen molar-refractivity contribution < 1.29 is 22.3 Å². The molecule has 1 aliphatic rings. The SMILES string of the molecule is COc1cc(F)c(S(=O)(=O)N2CCNCC2C)cc1OC. The Bertz CT molecular complexity index is 621. The van der Waals surface area contributed by atoms with Crippen LogP contribution in [-0.4, -0.2) is 52.6 Å². The molecule has 2 rings (SSSR count). The molecule has 0 aromatic heterocycles.